The summed E-state index contributed by atoms with van der Waals surface area (Å²) in [5, 5.41) is 10.5. The van der Waals surface area contributed by atoms with E-state index < -0.39 is 0 Å². The molecule has 0 saturated heterocycles. The fourth-order valence-corrected chi connectivity index (χ4v) is 4.41. The van der Waals surface area contributed by atoms with Crippen LogP contribution in [0.4, 0.5) is 5.13 Å². The molecular weight excluding hydrogens is 382 g/mol. The third-order valence-electron chi connectivity index (χ3n) is 4.39. The smallest absolute Gasteiger partial charge is 0.207 e. The average Bonchev–Trinajstić information content (AvgIpc) is 3.29. The summed E-state index contributed by atoms with van der Waals surface area (Å²) < 4.78 is 0. The first-order chi connectivity index (χ1) is 12.6. The quantitative estimate of drug-likeness (QED) is 0.468. The fourth-order valence-electron chi connectivity index (χ4n) is 3.04. The molecule has 4 rings (SSSR count). The number of nitrogens with zero attached hydrogens (tertiary/aromatic N) is 3. The molecule has 1 aromatic heterocycles. The number of hydrazone groups is 1. The molecule has 1 aliphatic heterocycles. The number of rotatable bonds is 4. The zero-order valence-corrected chi connectivity index (χ0v) is 16.9. The third kappa shape index (κ3) is 3.52. The summed E-state index contributed by atoms with van der Waals surface area (Å²) in [6.45, 7) is 2.08. The van der Waals surface area contributed by atoms with Gasteiger partial charge in [-0.25, -0.2) is 9.99 Å². The maximum Gasteiger partial charge on any atom is 0.207 e. The molecule has 0 saturated carbocycles. The second-order valence-corrected chi connectivity index (χ2v) is 8.35. The van der Waals surface area contributed by atoms with Gasteiger partial charge in [-0.1, -0.05) is 35.9 Å². The van der Waals surface area contributed by atoms with E-state index in [4.69, 9.17) is 21.7 Å². The minimum Gasteiger partial charge on any atom is -0.231 e. The van der Waals surface area contributed by atoms with Crippen molar-refractivity contribution in [3.05, 3.63) is 64.5 Å². The van der Waals surface area contributed by atoms with Crippen molar-refractivity contribution in [1.29, 1.82) is 0 Å². The Bertz CT molecular complexity index is 932. The molecule has 1 unspecified atom stereocenters. The summed E-state index contributed by atoms with van der Waals surface area (Å²) in [5.41, 5.74) is 4.43. The van der Waals surface area contributed by atoms with Crippen LogP contribution in [0.5, 0.6) is 0 Å². The Balaban J connectivity index is 1.63. The van der Waals surface area contributed by atoms with Gasteiger partial charge >= 0.3 is 0 Å². The Morgan fingerprint density at radius 3 is 2.54 bits per heavy atom. The molecule has 2 heterocycles. The van der Waals surface area contributed by atoms with E-state index in [9.17, 15) is 0 Å². The van der Waals surface area contributed by atoms with Gasteiger partial charge in [-0.2, -0.15) is 5.10 Å². The lowest BCUT2D eigenvalue weighted by atomic mass is 10.0. The van der Waals surface area contributed by atoms with Crippen LogP contribution in [0.2, 0.25) is 5.02 Å². The average molecular weight is 400 g/mol. The van der Waals surface area contributed by atoms with Crippen molar-refractivity contribution in [2.45, 2.75) is 24.3 Å². The van der Waals surface area contributed by atoms with Gasteiger partial charge in [0.2, 0.25) is 5.13 Å². The number of halogens is 1. The van der Waals surface area contributed by atoms with Gasteiger partial charge in [0, 0.05) is 33.0 Å². The fraction of sp³-hybridized carbons (Fsp3) is 0.200. The van der Waals surface area contributed by atoms with Crippen LogP contribution < -0.4 is 5.01 Å². The first kappa shape index (κ1) is 17.6. The summed E-state index contributed by atoms with van der Waals surface area (Å²) in [6.07, 6.45) is 3.02. The lowest BCUT2D eigenvalue weighted by Gasteiger charge is -2.21. The van der Waals surface area contributed by atoms with Crippen molar-refractivity contribution >= 4 is 45.5 Å². The predicted molar refractivity (Wildman–Crippen MR) is 114 cm³/mol. The first-order valence-electron chi connectivity index (χ1n) is 8.33. The highest BCUT2D eigenvalue weighted by atomic mass is 35.5. The summed E-state index contributed by atoms with van der Waals surface area (Å²) in [6, 6.07) is 16.7. The summed E-state index contributed by atoms with van der Waals surface area (Å²) in [5.74, 6) is 0. The molecule has 6 heteroatoms. The highest BCUT2D eigenvalue weighted by Gasteiger charge is 2.29. The van der Waals surface area contributed by atoms with E-state index in [2.05, 4.69) is 47.8 Å². The minimum atomic E-state index is 0.204. The van der Waals surface area contributed by atoms with Crippen LogP contribution in [0.25, 0.3) is 11.3 Å². The van der Waals surface area contributed by atoms with Gasteiger partial charge < -0.3 is 0 Å². The van der Waals surface area contributed by atoms with Gasteiger partial charge in [0.25, 0.3) is 0 Å². The predicted octanol–water partition coefficient (Wildman–Crippen LogP) is 6.51. The Morgan fingerprint density at radius 2 is 1.85 bits per heavy atom. The SMILES string of the molecule is CSc1ccc(C2CC(C)=NN2c2nc(-c3ccc(Cl)cc3)cs2)cc1. The molecule has 0 radical (unpaired) electrons. The van der Waals surface area contributed by atoms with Gasteiger partial charge in [0.05, 0.1) is 11.7 Å². The molecule has 2 aromatic carbocycles. The highest BCUT2D eigenvalue weighted by molar-refractivity contribution is 7.98. The first-order valence-corrected chi connectivity index (χ1v) is 10.8. The van der Waals surface area contributed by atoms with Gasteiger partial charge in [-0.05, 0) is 43.0 Å². The molecule has 1 aliphatic rings. The molecule has 3 nitrogen and oxygen atoms in total. The van der Waals surface area contributed by atoms with E-state index in [1.54, 1.807) is 23.1 Å². The lowest BCUT2D eigenvalue weighted by Crippen LogP contribution is -2.18. The second-order valence-electron chi connectivity index (χ2n) is 6.20. The Hall–Kier alpha value is -1.82. The largest absolute Gasteiger partial charge is 0.231 e. The highest BCUT2D eigenvalue weighted by Crippen LogP contribution is 2.38. The van der Waals surface area contributed by atoms with Crippen LogP contribution in [0, 0.1) is 0 Å². The number of hydrogen-bond donors (Lipinski definition) is 0. The zero-order chi connectivity index (χ0) is 18.1. The Kier molecular flexibility index (Phi) is 5.02. The van der Waals surface area contributed by atoms with Crippen molar-refractivity contribution in [3.8, 4) is 11.3 Å². The molecule has 0 fully saturated rings. The molecule has 0 amide bonds. The third-order valence-corrected chi connectivity index (χ3v) is 6.22. The van der Waals surface area contributed by atoms with Crippen LogP contribution in [-0.2, 0) is 0 Å². The van der Waals surface area contributed by atoms with Crippen molar-refractivity contribution in [2.24, 2.45) is 5.10 Å². The summed E-state index contributed by atoms with van der Waals surface area (Å²) in [4.78, 5) is 6.10. The van der Waals surface area contributed by atoms with Gasteiger partial charge in [0.1, 0.15) is 0 Å². The molecule has 0 N–H and O–H groups in total. The van der Waals surface area contributed by atoms with E-state index in [0.29, 0.717) is 0 Å². The number of aromatic nitrogens is 1. The molecule has 1 atom stereocenters. The molecule has 0 aliphatic carbocycles. The maximum absolute atomic E-state index is 5.99. The molecule has 0 spiro atoms. The number of anilines is 1. The molecule has 132 valence electrons. The van der Waals surface area contributed by atoms with Crippen molar-refractivity contribution in [1.82, 2.24) is 4.98 Å². The molecule has 0 bridgehead atoms. The van der Waals surface area contributed by atoms with E-state index in [-0.39, 0.29) is 6.04 Å². The van der Waals surface area contributed by atoms with Gasteiger partial charge in [-0.3, -0.25) is 0 Å². The lowest BCUT2D eigenvalue weighted by molar-refractivity contribution is 0.705. The van der Waals surface area contributed by atoms with Crippen molar-refractivity contribution in [2.75, 3.05) is 11.3 Å². The van der Waals surface area contributed by atoms with E-state index >= 15 is 0 Å². The van der Waals surface area contributed by atoms with Gasteiger partial charge in [0.15, 0.2) is 0 Å². The number of thiazole rings is 1. The second kappa shape index (κ2) is 7.43. The molecule has 3 aromatic rings. The monoisotopic (exact) mass is 399 g/mol. The standard InChI is InChI=1S/C20H18ClN3S2/c1-13-11-19(15-5-9-17(25-2)10-6-15)24(23-13)20-22-18(12-26-20)14-3-7-16(21)8-4-14/h3-10,12,19H,11H2,1-2H3. The summed E-state index contributed by atoms with van der Waals surface area (Å²) in [7, 11) is 0. The minimum absolute atomic E-state index is 0.204. The van der Waals surface area contributed by atoms with Crippen molar-refractivity contribution < 1.29 is 0 Å². The van der Waals surface area contributed by atoms with Crippen LogP contribution in [0.3, 0.4) is 0 Å². The number of hydrogen-bond acceptors (Lipinski definition) is 5. The Labute approximate surface area is 166 Å². The van der Waals surface area contributed by atoms with Crippen LogP contribution >= 0.6 is 34.7 Å². The number of thioether (sulfide) groups is 1. The molecular formula is C20H18ClN3S2. The van der Waals surface area contributed by atoms with Crippen LogP contribution in [0.1, 0.15) is 24.9 Å². The molecule has 26 heavy (non-hydrogen) atoms. The van der Waals surface area contributed by atoms with E-state index in [1.165, 1.54) is 10.5 Å². The van der Waals surface area contributed by atoms with Crippen LogP contribution in [0.15, 0.2) is 63.9 Å². The number of benzene rings is 2. The van der Waals surface area contributed by atoms with E-state index in [1.807, 2.05) is 24.3 Å². The maximum atomic E-state index is 5.99. The topological polar surface area (TPSA) is 28.5 Å². The Morgan fingerprint density at radius 1 is 1.12 bits per heavy atom. The van der Waals surface area contributed by atoms with E-state index in [0.717, 1.165) is 33.5 Å². The van der Waals surface area contributed by atoms with Gasteiger partial charge in [-0.15, -0.1) is 23.1 Å². The van der Waals surface area contributed by atoms with Crippen LogP contribution in [-0.4, -0.2) is 17.0 Å². The zero-order valence-electron chi connectivity index (χ0n) is 14.5. The normalized spacial score (nSPS) is 16.8. The van der Waals surface area contributed by atoms with Crippen molar-refractivity contribution in [3.63, 3.8) is 0 Å². The summed E-state index contributed by atoms with van der Waals surface area (Å²) >= 11 is 9.37.